The molecule has 0 fully saturated rings. The van der Waals surface area contributed by atoms with E-state index in [-0.39, 0.29) is 0 Å². The highest BCUT2D eigenvalue weighted by Gasteiger charge is 2.13. The third-order valence-corrected chi connectivity index (χ3v) is 3.09. The van der Waals surface area contributed by atoms with Gasteiger partial charge < -0.3 is 19.3 Å². The number of fused-ring (bicyclic) bond motifs is 1. The molecular formula is C14H14N4O3. The smallest absolute Gasteiger partial charge is 0.263 e. The number of ether oxygens (including phenoxy) is 2. The van der Waals surface area contributed by atoms with Crippen LogP contribution in [0.2, 0.25) is 0 Å². The molecule has 3 aromatic rings. The summed E-state index contributed by atoms with van der Waals surface area (Å²) in [6.45, 7) is 1.84. The maximum absolute atomic E-state index is 5.28. The number of aromatic nitrogens is 3. The Hall–Kier alpha value is -2.83. The molecule has 7 heteroatoms. The summed E-state index contributed by atoms with van der Waals surface area (Å²) >= 11 is 0. The molecule has 0 bridgehead atoms. The van der Waals surface area contributed by atoms with E-state index in [0.29, 0.717) is 23.0 Å². The molecule has 1 aromatic carbocycles. The van der Waals surface area contributed by atoms with E-state index in [9.17, 15) is 0 Å². The fraction of sp³-hybridized carbons (Fsp3) is 0.214. The van der Waals surface area contributed by atoms with E-state index in [1.165, 1.54) is 6.33 Å². The van der Waals surface area contributed by atoms with Crippen molar-refractivity contribution >= 4 is 22.6 Å². The van der Waals surface area contributed by atoms with Gasteiger partial charge in [0.05, 0.1) is 19.9 Å². The number of methoxy groups -OCH3 is 2. The van der Waals surface area contributed by atoms with Crippen molar-refractivity contribution < 1.29 is 14.0 Å². The molecule has 2 heterocycles. The number of hydrogen-bond acceptors (Lipinski definition) is 7. The maximum atomic E-state index is 5.28. The minimum Gasteiger partial charge on any atom is -0.493 e. The Kier molecular flexibility index (Phi) is 3.31. The second-order valence-electron chi connectivity index (χ2n) is 4.37. The first-order valence-electron chi connectivity index (χ1n) is 6.29. The lowest BCUT2D eigenvalue weighted by Gasteiger charge is -2.11. The van der Waals surface area contributed by atoms with Gasteiger partial charge in [0.15, 0.2) is 11.5 Å². The molecule has 0 saturated heterocycles. The molecule has 3 rings (SSSR count). The summed E-state index contributed by atoms with van der Waals surface area (Å²) in [4.78, 5) is 8.28. The number of nitrogens with one attached hydrogen (secondary N) is 1. The maximum Gasteiger partial charge on any atom is 0.263 e. The molecule has 0 aliphatic carbocycles. The molecule has 0 aliphatic rings. The molecule has 0 amide bonds. The molecule has 2 aromatic heterocycles. The molecule has 21 heavy (non-hydrogen) atoms. The molecule has 108 valence electrons. The van der Waals surface area contributed by atoms with Gasteiger partial charge in [0, 0.05) is 11.8 Å². The van der Waals surface area contributed by atoms with E-state index >= 15 is 0 Å². The summed E-state index contributed by atoms with van der Waals surface area (Å²) in [5, 5.41) is 7.87. The summed E-state index contributed by atoms with van der Waals surface area (Å²) in [5.74, 6) is 1.93. The van der Waals surface area contributed by atoms with Gasteiger partial charge in [0.1, 0.15) is 17.5 Å². The molecule has 0 saturated carbocycles. The minimum atomic E-state index is 0.450. The van der Waals surface area contributed by atoms with Crippen LogP contribution in [0, 0.1) is 6.92 Å². The fourth-order valence-corrected chi connectivity index (χ4v) is 2.07. The largest absolute Gasteiger partial charge is 0.493 e. The molecule has 0 spiro atoms. The Bertz CT molecular complexity index is 785. The van der Waals surface area contributed by atoms with Crippen molar-refractivity contribution in [1.29, 1.82) is 0 Å². The van der Waals surface area contributed by atoms with Gasteiger partial charge >= 0.3 is 0 Å². The van der Waals surface area contributed by atoms with Crippen LogP contribution in [0.15, 0.2) is 29.0 Å². The molecule has 0 radical (unpaired) electrons. The third-order valence-electron chi connectivity index (χ3n) is 3.09. The number of hydrogen-bond donors (Lipinski definition) is 1. The monoisotopic (exact) mass is 286 g/mol. The van der Waals surface area contributed by atoms with Gasteiger partial charge in [-0.15, -0.1) is 0 Å². The van der Waals surface area contributed by atoms with Crippen molar-refractivity contribution in [2.24, 2.45) is 0 Å². The molecular weight excluding hydrogens is 272 g/mol. The second kappa shape index (κ2) is 5.28. The third kappa shape index (κ3) is 2.33. The van der Waals surface area contributed by atoms with Gasteiger partial charge in [-0.3, -0.25) is 0 Å². The van der Waals surface area contributed by atoms with Crippen LogP contribution < -0.4 is 14.8 Å². The SMILES string of the molecule is COc1ccc(Nc2ncnc3onc(C)c23)cc1OC. The number of benzene rings is 1. The van der Waals surface area contributed by atoms with E-state index in [0.717, 1.165) is 16.8 Å². The lowest BCUT2D eigenvalue weighted by molar-refractivity contribution is 0.355. The van der Waals surface area contributed by atoms with Crippen molar-refractivity contribution in [3.8, 4) is 11.5 Å². The van der Waals surface area contributed by atoms with Crippen molar-refractivity contribution in [2.45, 2.75) is 6.92 Å². The van der Waals surface area contributed by atoms with Crippen molar-refractivity contribution in [3.05, 3.63) is 30.2 Å². The number of rotatable bonds is 4. The fourth-order valence-electron chi connectivity index (χ4n) is 2.07. The van der Waals surface area contributed by atoms with Gasteiger partial charge in [0.2, 0.25) is 0 Å². The van der Waals surface area contributed by atoms with Gasteiger partial charge in [0.25, 0.3) is 5.71 Å². The Balaban J connectivity index is 2.00. The van der Waals surface area contributed by atoms with E-state index in [1.807, 2.05) is 25.1 Å². The Morgan fingerprint density at radius 1 is 1.10 bits per heavy atom. The lowest BCUT2D eigenvalue weighted by atomic mass is 10.2. The first-order valence-corrected chi connectivity index (χ1v) is 6.29. The summed E-state index contributed by atoms with van der Waals surface area (Å²) in [6, 6.07) is 5.52. The summed E-state index contributed by atoms with van der Waals surface area (Å²) in [6.07, 6.45) is 1.43. The zero-order chi connectivity index (χ0) is 14.8. The summed E-state index contributed by atoms with van der Waals surface area (Å²) in [7, 11) is 3.19. The van der Waals surface area contributed by atoms with Crippen LogP contribution in [0.5, 0.6) is 11.5 Å². The summed E-state index contributed by atoms with van der Waals surface area (Å²) in [5.41, 5.74) is 1.99. The van der Waals surface area contributed by atoms with Gasteiger partial charge in [-0.2, -0.15) is 4.98 Å². The van der Waals surface area contributed by atoms with Gasteiger partial charge in [-0.05, 0) is 19.1 Å². The van der Waals surface area contributed by atoms with E-state index in [4.69, 9.17) is 14.0 Å². The highest BCUT2D eigenvalue weighted by molar-refractivity contribution is 5.89. The van der Waals surface area contributed by atoms with E-state index in [1.54, 1.807) is 14.2 Å². The lowest BCUT2D eigenvalue weighted by Crippen LogP contribution is -1.97. The Labute approximate surface area is 120 Å². The molecule has 0 unspecified atom stereocenters. The van der Waals surface area contributed by atoms with E-state index < -0.39 is 0 Å². The standard InChI is InChI=1S/C14H14N4O3/c1-8-12-13(15-7-16-14(12)21-18-8)17-9-4-5-10(19-2)11(6-9)20-3/h4-7H,1-3H3,(H,15,16,17). The molecule has 0 aliphatic heterocycles. The molecule has 0 atom stereocenters. The highest BCUT2D eigenvalue weighted by Crippen LogP contribution is 2.32. The quantitative estimate of drug-likeness (QED) is 0.789. The summed E-state index contributed by atoms with van der Waals surface area (Å²) < 4.78 is 15.6. The van der Waals surface area contributed by atoms with Gasteiger partial charge in [-0.25, -0.2) is 4.98 Å². The molecule has 1 N–H and O–H groups in total. The molecule has 7 nitrogen and oxygen atoms in total. The van der Waals surface area contributed by atoms with Crippen LogP contribution in [0.3, 0.4) is 0 Å². The average molecular weight is 286 g/mol. The van der Waals surface area contributed by atoms with Crippen LogP contribution in [-0.2, 0) is 0 Å². The van der Waals surface area contributed by atoms with Crippen molar-refractivity contribution in [1.82, 2.24) is 15.1 Å². The average Bonchev–Trinajstić information content (AvgIpc) is 2.90. The first kappa shape index (κ1) is 13.2. The highest BCUT2D eigenvalue weighted by atomic mass is 16.5. The van der Waals surface area contributed by atoms with Crippen molar-refractivity contribution in [3.63, 3.8) is 0 Å². The van der Waals surface area contributed by atoms with Crippen LogP contribution in [0.4, 0.5) is 11.5 Å². The predicted octanol–water partition coefficient (Wildman–Crippen LogP) is 2.69. The van der Waals surface area contributed by atoms with Crippen LogP contribution >= 0.6 is 0 Å². The van der Waals surface area contributed by atoms with Crippen LogP contribution in [0.25, 0.3) is 11.1 Å². The van der Waals surface area contributed by atoms with Crippen LogP contribution in [-0.4, -0.2) is 29.3 Å². The van der Waals surface area contributed by atoms with Gasteiger partial charge in [-0.1, -0.05) is 5.16 Å². The number of anilines is 2. The Morgan fingerprint density at radius 3 is 2.67 bits per heavy atom. The zero-order valence-corrected chi connectivity index (χ0v) is 11.9. The topological polar surface area (TPSA) is 82.3 Å². The van der Waals surface area contributed by atoms with Crippen molar-refractivity contribution in [2.75, 3.05) is 19.5 Å². The number of nitrogens with zero attached hydrogens (tertiary/aromatic N) is 3. The number of aryl methyl sites for hydroxylation is 1. The first-order chi connectivity index (χ1) is 10.2. The normalized spacial score (nSPS) is 10.6. The Morgan fingerprint density at radius 2 is 1.90 bits per heavy atom. The minimum absolute atomic E-state index is 0.450. The zero-order valence-electron chi connectivity index (χ0n) is 11.9. The van der Waals surface area contributed by atoms with E-state index in [2.05, 4.69) is 20.4 Å². The second-order valence-corrected chi connectivity index (χ2v) is 4.37. The van der Waals surface area contributed by atoms with Crippen LogP contribution in [0.1, 0.15) is 5.69 Å². The predicted molar refractivity (Wildman–Crippen MR) is 77.2 cm³/mol.